The van der Waals surface area contributed by atoms with Gasteiger partial charge in [0, 0.05) is 15.9 Å². The van der Waals surface area contributed by atoms with Crippen LogP contribution in [-0.4, -0.2) is 12.8 Å². The zero-order valence-corrected chi connectivity index (χ0v) is 6.52. The number of aromatic amines is 1. The average Bonchev–Trinajstić information content (AvgIpc) is 2.27. The minimum absolute atomic E-state index is 0.669. The Morgan fingerprint density at radius 3 is 2.91 bits per heavy atom. The summed E-state index contributed by atoms with van der Waals surface area (Å²) < 4.78 is 0. The van der Waals surface area contributed by atoms with Crippen LogP contribution in [0.3, 0.4) is 0 Å². The van der Waals surface area contributed by atoms with Crippen molar-refractivity contribution in [2.45, 2.75) is 0 Å². The molecule has 0 amide bonds. The number of hydrogen-bond donors (Lipinski definition) is 1. The van der Waals surface area contributed by atoms with Crippen LogP contribution < -0.4 is 5.59 Å². The number of nitrogens with one attached hydrogen (secondary N) is 1. The van der Waals surface area contributed by atoms with Gasteiger partial charge in [0.15, 0.2) is 0 Å². The van der Waals surface area contributed by atoms with Gasteiger partial charge in [-0.05, 0) is 29.9 Å². The number of fused-ring (bicyclic) bond motifs is 1. The SMILES string of the molecule is [B]c1cc2cc(Cl)ccc2[nH]1. The minimum atomic E-state index is 0.669. The van der Waals surface area contributed by atoms with Gasteiger partial charge in [-0.1, -0.05) is 11.6 Å². The summed E-state index contributed by atoms with van der Waals surface area (Å²) in [6.07, 6.45) is 0. The molecule has 0 aliphatic heterocycles. The molecule has 0 unspecified atom stereocenters. The molecule has 0 bridgehead atoms. The molecule has 11 heavy (non-hydrogen) atoms. The van der Waals surface area contributed by atoms with Gasteiger partial charge in [-0.3, -0.25) is 0 Å². The molecule has 1 heterocycles. The Labute approximate surface area is 70.8 Å². The van der Waals surface area contributed by atoms with Gasteiger partial charge in [0.1, 0.15) is 7.85 Å². The van der Waals surface area contributed by atoms with E-state index in [1.54, 1.807) is 0 Å². The van der Waals surface area contributed by atoms with Gasteiger partial charge in [0.2, 0.25) is 0 Å². The first-order valence-corrected chi connectivity index (χ1v) is 3.67. The fourth-order valence-corrected chi connectivity index (χ4v) is 1.31. The molecule has 3 heteroatoms. The Hall–Kier alpha value is -0.885. The Morgan fingerprint density at radius 2 is 2.09 bits per heavy atom. The number of halogens is 1. The van der Waals surface area contributed by atoms with Gasteiger partial charge in [0.05, 0.1) is 0 Å². The molecule has 2 radical (unpaired) electrons. The van der Waals surface area contributed by atoms with E-state index in [0.717, 1.165) is 15.9 Å². The smallest absolute Gasteiger partial charge is 0.138 e. The van der Waals surface area contributed by atoms with E-state index in [2.05, 4.69) is 4.98 Å². The van der Waals surface area contributed by atoms with Crippen LogP contribution in [0.4, 0.5) is 0 Å². The Morgan fingerprint density at radius 1 is 1.27 bits per heavy atom. The molecule has 0 atom stereocenters. The molecular formula is C8H5BClN. The second-order valence-electron chi connectivity index (χ2n) is 2.46. The van der Waals surface area contributed by atoms with Crippen molar-refractivity contribution in [3.8, 4) is 0 Å². The third-order valence-electron chi connectivity index (χ3n) is 1.60. The summed E-state index contributed by atoms with van der Waals surface area (Å²) in [7, 11) is 5.54. The number of benzene rings is 1. The summed E-state index contributed by atoms with van der Waals surface area (Å²) >= 11 is 5.77. The summed E-state index contributed by atoms with van der Waals surface area (Å²) in [4.78, 5) is 3.00. The van der Waals surface area contributed by atoms with Crippen LogP contribution in [0.5, 0.6) is 0 Å². The van der Waals surface area contributed by atoms with Crippen molar-refractivity contribution in [2.75, 3.05) is 0 Å². The molecule has 1 N–H and O–H groups in total. The predicted octanol–water partition coefficient (Wildman–Crippen LogP) is 1.62. The van der Waals surface area contributed by atoms with Crippen LogP contribution in [-0.2, 0) is 0 Å². The summed E-state index contributed by atoms with van der Waals surface area (Å²) in [6.45, 7) is 0. The maximum absolute atomic E-state index is 5.77. The average molecular weight is 161 g/mol. The second kappa shape index (κ2) is 2.31. The second-order valence-corrected chi connectivity index (χ2v) is 2.89. The van der Waals surface area contributed by atoms with Gasteiger partial charge in [-0.15, -0.1) is 0 Å². The van der Waals surface area contributed by atoms with E-state index in [1.807, 2.05) is 24.3 Å². The lowest BCUT2D eigenvalue weighted by Crippen LogP contribution is -1.99. The largest absolute Gasteiger partial charge is 0.368 e. The van der Waals surface area contributed by atoms with Crippen molar-refractivity contribution in [2.24, 2.45) is 0 Å². The van der Waals surface area contributed by atoms with Crippen LogP contribution in [0.25, 0.3) is 10.9 Å². The molecule has 52 valence electrons. The highest BCUT2D eigenvalue weighted by Crippen LogP contribution is 2.16. The molecule has 0 aliphatic rings. The Balaban J connectivity index is 2.82. The molecule has 0 fully saturated rings. The van der Waals surface area contributed by atoms with Crippen LogP contribution in [0.1, 0.15) is 0 Å². The van der Waals surface area contributed by atoms with E-state index in [0.29, 0.717) is 5.59 Å². The molecule has 0 aliphatic carbocycles. The maximum atomic E-state index is 5.77. The summed E-state index contributed by atoms with van der Waals surface area (Å²) in [6, 6.07) is 7.48. The molecule has 0 saturated carbocycles. The number of hydrogen-bond acceptors (Lipinski definition) is 0. The molecule has 1 aromatic heterocycles. The van der Waals surface area contributed by atoms with Gasteiger partial charge < -0.3 is 4.98 Å². The number of rotatable bonds is 0. The first-order valence-electron chi connectivity index (χ1n) is 3.29. The molecule has 1 aromatic carbocycles. The normalized spacial score (nSPS) is 10.6. The summed E-state index contributed by atoms with van der Waals surface area (Å²) in [5.41, 5.74) is 1.69. The fraction of sp³-hybridized carbons (Fsp3) is 0. The zero-order chi connectivity index (χ0) is 7.84. The lowest BCUT2D eigenvalue weighted by molar-refractivity contribution is 1.54. The first kappa shape index (κ1) is 6.80. The topological polar surface area (TPSA) is 15.8 Å². The molecule has 1 nitrogen and oxygen atoms in total. The number of aromatic nitrogens is 1. The van der Waals surface area contributed by atoms with Crippen molar-refractivity contribution in [1.82, 2.24) is 4.98 Å². The highest BCUT2D eigenvalue weighted by molar-refractivity contribution is 6.33. The van der Waals surface area contributed by atoms with E-state index in [9.17, 15) is 0 Å². The minimum Gasteiger partial charge on any atom is -0.368 e. The molecular weight excluding hydrogens is 156 g/mol. The highest BCUT2D eigenvalue weighted by atomic mass is 35.5. The summed E-state index contributed by atoms with van der Waals surface area (Å²) in [5, 5.41) is 1.78. The van der Waals surface area contributed by atoms with Crippen molar-refractivity contribution >= 4 is 35.9 Å². The van der Waals surface area contributed by atoms with Crippen LogP contribution >= 0.6 is 11.6 Å². The predicted molar refractivity (Wildman–Crippen MR) is 48.7 cm³/mol. The van der Waals surface area contributed by atoms with Crippen molar-refractivity contribution in [1.29, 1.82) is 0 Å². The highest BCUT2D eigenvalue weighted by Gasteiger charge is 1.95. The molecule has 0 spiro atoms. The van der Waals surface area contributed by atoms with Crippen LogP contribution in [0.2, 0.25) is 5.02 Å². The van der Waals surface area contributed by atoms with Crippen LogP contribution in [0.15, 0.2) is 24.3 Å². The van der Waals surface area contributed by atoms with Gasteiger partial charge in [0.25, 0.3) is 0 Å². The van der Waals surface area contributed by atoms with E-state index in [4.69, 9.17) is 19.4 Å². The van der Waals surface area contributed by atoms with E-state index < -0.39 is 0 Å². The molecule has 2 rings (SSSR count). The van der Waals surface area contributed by atoms with E-state index in [-0.39, 0.29) is 0 Å². The molecule has 0 saturated heterocycles. The monoisotopic (exact) mass is 161 g/mol. The third-order valence-corrected chi connectivity index (χ3v) is 1.84. The zero-order valence-electron chi connectivity index (χ0n) is 5.76. The van der Waals surface area contributed by atoms with Gasteiger partial charge in [-0.2, -0.15) is 0 Å². The number of H-pyrrole nitrogens is 1. The maximum Gasteiger partial charge on any atom is 0.138 e. The fourth-order valence-electron chi connectivity index (χ4n) is 1.13. The molecule has 2 aromatic rings. The van der Waals surface area contributed by atoms with Crippen molar-refractivity contribution in [3.63, 3.8) is 0 Å². The van der Waals surface area contributed by atoms with E-state index in [1.165, 1.54) is 0 Å². The van der Waals surface area contributed by atoms with E-state index >= 15 is 0 Å². The van der Waals surface area contributed by atoms with Gasteiger partial charge in [-0.25, -0.2) is 0 Å². The lowest BCUT2D eigenvalue weighted by Gasteiger charge is -1.88. The Bertz CT molecular complexity index is 394. The van der Waals surface area contributed by atoms with Crippen LogP contribution in [0, 0.1) is 0 Å². The standard InChI is InChI=1S/C8H5BClN/c9-8-4-5-3-6(10)1-2-7(5)11-8/h1-4,11H. The van der Waals surface area contributed by atoms with Crippen molar-refractivity contribution < 1.29 is 0 Å². The summed E-state index contributed by atoms with van der Waals surface area (Å²) in [5.74, 6) is 0. The van der Waals surface area contributed by atoms with Crippen molar-refractivity contribution in [3.05, 3.63) is 29.3 Å². The lowest BCUT2D eigenvalue weighted by atomic mass is 10.1. The third kappa shape index (κ3) is 1.14. The first-order chi connectivity index (χ1) is 5.25. The Kier molecular flexibility index (Phi) is 1.43. The quantitative estimate of drug-likeness (QED) is 0.565. The van der Waals surface area contributed by atoms with Gasteiger partial charge >= 0.3 is 0 Å².